The van der Waals surface area contributed by atoms with Gasteiger partial charge in [-0.3, -0.25) is 4.90 Å². The quantitative estimate of drug-likeness (QED) is 0.794. The second kappa shape index (κ2) is 5.03. The molecule has 1 atom stereocenters. The van der Waals surface area contributed by atoms with Crippen LogP contribution in [0.5, 0.6) is 0 Å². The van der Waals surface area contributed by atoms with Crippen molar-refractivity contribution in [3.63, 3.8) is 0 Å². The number of hydrogen-bond acceptors (Lipinski definition) is 3. The molecule has 0 spiro atoms. The van der Waals surface area contributed by atoms with Crippen LogP contribution in [0.3, 0.4) is 0 Å². The first-order valence-corrected chi connectivity index (χ1v) is 6.68. The zero-order valence-electron chi connectivity index (χ0n) is 10.7. The number of ether oxygens (including phenoxy) is 1. The van der Waals surface area contributed by atoms with Gasteiger partial charge in [-0.1, -0.05) is 6.92 Å². The summed E-state index contributed by atoms with van der Waals surface area (Å²) in [6, 6.07) is 0. The summed E-state index contributed by atoms with van der Waals surface area (Å²) in [4.78, 5) is 2.64. The fourth-order valence-electron chi connectivity index (χ4n) is 3.25. The van der Waals surface area contributed by atoms with E-state index < -0.39 is 0 Å². The predicted molar refractivity (Wildman–Crippen MR) is 66.4 cm³/mol. The minimum atomic E-state index is 0.269. The van der Waals surface area contributed by atoms with Crippen molar-refractivity contribution in [1.82, 2.24) is 4.90 Å². The van der Waals surface area contributed by atoms with Crippen molar-refractivity contribution in [2.24, 2.45) is 11.7 Å². The Bertz CT molecular complexity index is 226. The Balaban J connectivity index is 1.94. The van der Waals surface area contributed by atoms with E-state index in [4.69, 9.17) is 10.5 Å². The van der Waals surface area contributed by atoms with E-state index in [1.165, 1.54) is 32.4 Å². The number of rotatable bonds is 3. The largest absolute Gasteiger partial charge is 0.381 e. The highest BCUT2D eigenvalue weighted by Crippen LogP contribution is 2.40. The fourth-order valence-corrected chi connectivity index (χ4v) is 3.25. The molecule has 1 unspecified atom stereocenters. The molecule has 2 aliphatic rings. The molecule has 1 aliphatic heterocycles. The molecule has 0 aromatic heterocycles. The highest BCUT2D eigenvalue weighted by molar-refractivity contribution is 5.04. The zero-order valence-corrected chi connectivity index (χ0v) is 10.7. The number of hydrogen-bond donors (Lipinski definition) is 1. The van der Waals surface area contributed by atoms with E-state index in [2.05, 4.69) is 11.8 Å². The molecular weight excluding hydrogens is 200 g/mol. The van der Waals surface area contributed by atoms with E-state index in [9.17, 15) is 0 Å². The highest BCUT2D eigenvalue weighted by atomic mass is 16.5. The van der Waals surface area contributed by atoms with Crippen LogP contribution in [0.1, 0.15) is 39.0 Å². The number of likely N-dealkylation sites (tertiary alicyclic amines) is 1. The Labute approximate surface area is 99.3 Å². The molecule has 2 rings (SSSR count). The van der Waals surface area contributed by atoms with Crippen LogP contribution in [-0.2, 0) is 4.74 Å². The Morgan fingerprint density at radius 1 is 1.31 bits per heavy atom. The average Bonchev–Trinajstić information content (AvgIpc) is 2.44. The molecule has 94 valence electrons. The molecule has 1 saturated carbocycles. The lowest BCUT2D eigenvalue weighted by Crippen LogP contribution is -2.64. The van der Waals surface area contributed by atoms with Gasteiger partial charge in [0.05, 0.1) is 6.10 Å². The van der Waals surface area contributed by atoms with Crippen molar-refractivity contribution in [1.29, 1.82) is 0 Å². The topological polar surface area (TPSA) is 38.5 Å². The minimum Gasteiger partial charge on any atom is -0.381 e. The van der Waals surface area contributed by atoms with Crippen LogP contribution in [0.15, 0.2) is 0 Å². The van der Waals surface area contributed by atoms with Crippen molar-refractivity contribution >= 4 is 0 Å². The molecule has 1 heterocycles. The Morgan fingerprint density at radius 3 is 2.69 bits per heavy atom. The number of nitrogens with zero attached hydrogens (tertiary/aromatic N) is 1. The Morgan fingerprint density at radius 2 is 2.06 bits per heavy atom. The van der Waals surface area contributed by atoms with Gasteiger partial charge < -0.3 is 10.5 Å². The first-order valence-electron chi connectivity index (χ1n) is 6.68. The third kappa shape index (κ3) is 2.27. The van der Waals surface area contributed by atoms with E-state index >= 15 is 0 Å². The summed E-state index contributed by atoms with van der Waals surface area (Å²) in [5.41, 5.74) is 6.27. The van der Waals surface area contributed by atoms with Crippen LogP contribution >= 0.6 is 0 Å². The summed E-state index contributed by atoms with van der Waals surface area (Å²) in [7, 11) is 1.82. The average molecular weight is 226 g/mol. The van der Waals surface area contributed by atoms with E-state index in [0.29, 0.717) is 6.10 Å². The third-order valence-corrected chi connectivity index (χ3v) is 4.62. The second-order valence-corrected chi connectivity index (χ2v) is 5.72. The summed E-state index contributed by atoms with van der Waals surface area (Å²) in [5.74, 6) is 0.887. The first-order chi connectivity index (χ1) is 7.70. The van der Waals surface area contributed by atoms with E-state index in [0.717, 1.165) is 25.3 Å². The van der Waals surface area contributed by atoms with Gasteiger partial charge >= 0.3 is 0 Å². The van der Waals surface area contributed by atoms with Gasteiger partial charge in [0.1, 0.15) is 0 Å². The van der Waals surface area contributed by atoms with Gasteiger partial charge in [0.15, 0.2) is 0 Å². The Kier molecular flexibility index (Phi) is 3.88. The van der Waals surface area contributed by atoms with Crippen LogP contribution < -0.4 is 5.73 Å². The summed E-state index contributed by atoms with van der Waals surface area (Å²) < 4.78 is 5.40. The maximum absolute atomic E-state index is 6.01. The van der Waals surface area contributed by atoms with Gasteiger partial charge in [-0.2, -0.15) is 0 Å². The van der Waals surface area contributed by atoms with Crippen molar-refractivity contribution in [3.05, 3.63) is 0 Å². The lowest BCUT2D eigenvalue weighted by atomic mass is 9.72. The van der Waals surface area contributed by atoms with E-state index in [1.807, 2.05) is 7.11 Å². The molecule has 1 aliphatic carbocycles. The monoisotopic (exact) mass is 226 g/mol. The van der Waals surface area contributed by atoms with Crippen LogP contribution in [-0.4, -0.2) is 43.3 Å². The maximum Gasteiger partial charge on any atom is 0.0607 e. The number of nitrogens with two attached hydrogens (primary N) is 1. The van der Waals surface area contributed by atoms with Gasteiger partial charge in [0.2, 0.25) is 0 Å². The second-order valence-electron chi connectivity index (χ2n) is 5.72. The SMILES string of the molecule is COC1CC(CN)(N2CCCC(C)CC2)C1. The predicted octanol–water partition coefficient (Wildman–Crippen LogP) is 1.61. The number of methoxy groups -OCH3 is 1. The molecule has 0 amide bonds. The molecule has 2 fully saturated rings. The molecule has 16 heavy (non-hydrogen) atoms. The zero-order chi connectivity index (χ0) is 11.6. The fraction of sp³-hybridized carbons (Fsp3) is 1.00. The van der Waals surface area contributed by atoms with Gasteiger partial charge in [-0.05, 0) is 51.1 Å². The van der Waals surface area contributed by atoms with Gasteiger partial charge in [0.25, 0.3) is 0 Å². The molecule has 3 heteroatoms. The molecule has 0 bridgehead atoms. The van der Waals surface area contributed by atoms with Gasteiger partial charge in [-0.25, -0.2) is 0 Å². The lowest BCUT2D eigenvalue weighted by Gasteiger charge is -2.53. The molecule has 2 N–H and O–H groups in total. The molecular formula is C13H26N2O. The van der Waals surface area contributed by atoms with Crippen molar-refractivity contribution < 1.29 is 4.74 Å². The summed E-state index contributed by atoms with van der Waals surface area (Å²) in [5, 5.41) is 0. The van der Waals surface area contributed by atoms with E-state index in [1.54, 1.807) is 0 Å². The molecule has 3 nitrogen and oxygen atoms in total. The smallest absolute Gasteiger partial charge is 0.0607 e. The molecule has 0 aromatic rings. The van der Waals surface area contributed by atoms with Crippen molar-refractivity contribution in [3.8, 4) is 0 Å². The molecule has 0 aromatic carbocycles. The highest BCUT2D eigenvalue weighted by Gasteiger charge is 2.47. The third-order valence-electron chi connectivity index (χ3n) is 4.62. The Hall–Kier alpha value is -0.120. The summed E-state index contributed by atoms with van der Waals surface area (Å²) in [6.07, 6.45) is 6.76. The van der Waals surface area contributed by atoms with Crippen molar-refractivity contribution in [2.45, 2.75) is 50.7 Å². The van der Waals surface area contributed by atoms with Gasteiger partial charge in [0, 0.05) is 19.2 Å². The van der Waals surface area contributed by atoms with Crippen LogP contribution in [0.2, 0.25) is 0 Å². The van der Waals surface area contributed by atoms with Gasteiger partial charge in [-0.15, -0.1) is 0 Å². The standard InChI is InChI=1S/C13H26N2O/c1-11-4-3-6-15(7-5-11)13(10-14)8-12(9-13)16-2/h11-12H,3-10,14H2,1-2H3. The summed E-state index contributed by atoms with van der Waals surface area (Å²) in [6.45, 7) is 5.63. The minimum absolute atomic E-state index is 0.269. The van der Waals surface area contributed by atoms with E-state index in [-0.39, 0.29) is 5.54 Å². The van der Waals surface area contributed by atoms with Crippen LogP contribution in [0, 0.1) is 5.92 Å². The molecule has 0 radical (unpaired) electrons. The first kappa shape index (κ1) is 12.3. The van der Waals surface area contributed by atoms with Crippen molar-refractivity contribution in [2.75, 3.05) is 26.7 Å². The normalized spacial score (nSPS) is 41.4. The molecule has 1 saturated heterocycles. The van der Waals surface area contributed by atoms with Crippen LogP contribution in [0.4, 0.5) is 0 Å². The summed E-state index contributed by atoms with van der Waals surface area (Å²) >= 11 is 0. The van der Waals surface area contributed by atoms with Crippen LogP contribution in [0.25, 0.3) is 0 Å². The lowest BCUT2D eigenvalue weighted by molar-refractivity contribution is -0.0864. The maximum atomic E-state index is 6.01.